The lowest BCUT2D eigenvalue weighted by atomic mass is 10.2. The number of hydrogen-bond acceptors (Lipinski definition) is 4. The molecule has 0 saturated heterocycles. The van der Waals surface area contributed by atoms with Crippen molar-refractivity contribution in [3.8, 4) is 0 Å². The molecule has 8 heteroatoms. The van der Waals surface area contributed by atoms with Gasteiger partial charge < -0.3 is 0 Å². The highest BCUT2D eigenvalue weighted by Gasteiger charge is 2.18. The molecule has 0 bridgehead atoms. The molecule has 0 amide bonds. The molecule has 114 valence electrons. The van der Waals surface area contributed by atoms with Crippen LogP contribution in [0.3, 0.4) is 0 Å². The molecule has 1 heterocycles. The fourth-order valence-electron chi connectivity index (χ4n) is 1.98. The van der Waals surface area contributed by atoms with Gasteiger partial charge in [-0.15, -0.1) is 0 Å². The van der Waals surface area contributed by atoms with E-state index >= 15 is 0 Å². The molecule has 0 spiro atoms. The molecule has 0 saturated carbocycles. The first-order valence-electron chi connectivity index (χ1n) is 6.45. The van der Waals surface area contributed by atoms with Gasteiger partial charge in [-0.1, -0.05) is 15.9 Å². The van der Waals surface area contributed by atoms with E-state index in [1.807, 2.05) is 13.8 Å². The van der Waals surface area contributed by atoms with Gasteiger partial charge in [0, 0.05) is 10.5 Å². The van der Waals surface area contributed by atoms with Gasteiger partial charge in [0.2, 0.25) is 10.0 Å². The number of nitrogens with zero attached hydrogens (tertiary/aromatic N) is 3. The number of sulfonamides is 1. The van der Waals surface area contributed by atoms with E-state index in [4.69, 9.17) is 0 Å². The Hall–Kier alpha value is -1.25. The van der Waals surface area contributed by atoms with Crippen LogP contribution in [0.5, 0.6) is 0 Å². The summed E-state index contributed by atoms with van der Waals surface area (Å²) in [6, 6.07) is 5.18. The molecular weight excluding hydrogens is 356 g/mol. The largest absolute Gasteiger partial charge is 0.246 e. The second-order valence-corrected chi connectivity index (χ2v) is 7.60. The summed E-state index contributed by atoms with van der Waals surface area (Å²) in [4.78, 5) is 4.35. The Labute approximate surface area is 132 Å². The fourth-order valence-corrected chi connectivity index (χ4v) is 3.66. The first-order valence-corrected chi connectivity index (χ1v) is 8.73. The summed E-state index contributed by atoms with van der Waals surface area (Å²) in [5.74, 6) is 0.586. The summed E-state index contributed by atoms with van der Waals surface area (Å²) in [5, 5.41) is 4.08. The van der Waals surface area contributed by atoms with Crippen LogP contribution in [0.2, 0.25) is 0 Å². The van der Waals surface area contributed by atoms with Crippen molar-refractivity contribution in [1.82, 2.24) is 19.5 Å². The molecule has 0 fully saturated rings. The number of rotatable bonds is 5. The van der Waals surface area contributed by atoms with Crippen molar-refractivity contribution < 1.29 is 8.42 Å². The molecule has 0 radical (unpaired) electrons. The SMILES string of the molecule is Cc1cc(Br)ccc1S(=O)(=O)NCc1ncnn1C(C)C. The van der Waals surface area contributed by atoms with Gasteiger partial charge in [-0.2, -0.15) is 5.10 Å². The molecule has 0 aliphatic heterocycles. The normalized spacial score (nSPS) is 12.0. The molecule has 1 aromatic carbocycles. The molecule has 21 heavy (non-hydrogen) atoms. The van der Waals surface area contributed by atoms with Gasteiger partial charge in [0.1, 0.15) is 12.2 Å². The van der Waals surface area contributed by atoms with E-state index in [-0.39, 0.29) is 17.5 Å². The lowest BCUT2D eigenvalue weighted by Gasteiger charge is -2.12. The Bertz CT molecular complexity index is 740. The lowest BCUT2D eigenvalue weighted by Crippen LogP contribution is -2.26. The van der Waals surface area contributed by atoms with Crippen LogP contribution in [0.15, 0.2) is 33.9 Å². The summed E-state index contributed by atoms with van der Waals surface area (Å²) in [5.41, 5.74) is 0.683. The third-order valence-corrected chi connectivity index (χ3v) is 5.04. The van der Waals surface area contributed by atoms with Crippen molar-refractivity contribution in [2.24, 2.45) is 0 Å². The molecule has 0 unspecified atom stereocenters. The van der Waals surface area contributed by atoms with Gasteiger partial charge in [0.15, 0.2) is 0 Å². The van der Waals surface area contributed by atoms with Gasteiger partial charge in [0.25, 0.3) is 0 Å². The highest BCUT2D eigenvalue weighted by Crippen LogP contribution is 2.20. The number of hydrogen-bond donors (Lipinski definition) is 1. The van der Waals surface area contributed by atoms with Crippen molar-refractivity contribution in [3.05, 3.63) is 40.4 Å². The molecule has 2 aromatic rings. The van der Waals surface area contributed by atoms with E-state index in [0.29, 0.717) is 11.4 Å². The predicted molar refractivity (Wildman–Crippen MR) is 83.3 cm³/mol. The zero-order valence-corrected chi connectivity index (χ0v) is 14.4. The van der Waals surface area contributed by atoms with Crippen molar-refractivity contribution in [3.63, 3.8) is 0 Å². The minimum Gasteiger partial charge on any atom is -0.246 e. The van der Waals surface area contributed by atoms with Crippen LogP contribution in [-0.2, 0) is 16.6 Å². The third-order valence-electron chi connectivity index (χ3n) is 2.98. The summed E-state index contributed by atoms with van der Waals surface area (Å²) in [6.45, 7) is 5.79. The topological polar surface area (TPSA) is 76.9 Å². The molecule has 1 aromatic heterocycles. The summed E-state index contributed by atoms with van der Waals surface area (Å²) < 4.78 is 29.8. The van der Waals surface area contributed by atoms with E-state index in [0.717, 1.165) is 4.47 Å². The van der Waals surface area contributed by atoms with E-state index in [1.165, 1.54) is 6.33 Å². The van der Waals surface area contributed by atoms with Crippen LogP contribution in [0.25, 0.3) is 0 Å². The Balaban J connectivity index is 2.20. The number of benzene rings is 1. The molecule has 1 N–H and O–H groups in total. The van der Waals surface area contributed by atoms with Crippen LogP contribution in [0, 0.1) is 6.92 Å². The molecule has 0 aliphatic carbocycles. The maximum Gasteiger partial charge on any atom is 0.241 e. The maximum absolute atomic E-state index is 12.4. The summed E-state index contributed by atoms with van der Waals surface area (Å²) in [7, 11) is -3.58. The average molecular weight is 373 g/mol. The van der Waals surface area contributed by atoms with E-state index < -0.39 is 10.0 Å². The van der Waals surface area contributed by atoms with Crippen molar-refractivity contribution in [2.75, 3.05) is 0 Å². The highest BCUT2D eigenvalue weighted by molar-refractivity contribution is 9.10. The first kappa shape index (κ1) is 16.1. The summed E-state index contributed by atoms with van der Waals surface area (Å²) in [6.07, 6.45) is 1.43. The van der Waals surface area contributed by atoms with Gasteiger partial charge >= 0.3 is 0 Å². The Morgan fingerprint density at radius 2 is 2.10 bits per heavy atom. The monoisotopic (exact) mass is 372 g/mol. The van der Waals surface area contributed by atoms with Crippen LogP contribution in [-0.4, -0.2) is 23.2 Å². The first-order chi connectivity index (χ1) is 9.81. The lowest BCUT2D eigenvalue weighted by molar-refractivity contribution is 0.499. The van der Waals surface area contributed by atoms with E-state index in [9.17, 15) is 8.42 Å². The van der Waals surface area contributed by atoms with Crippen molar-refractivity contribution in [1.29, 1.82) is 0 Å². The number of aryl methyl sites for hydroxylation is 1. The van der Waals surface area contributed by atoms with Gasteiger partial charge in [-0.3, -0.25) is 0 Å². The van der Waals surface area contributed by atoms with E-state index in [2.05, 4.69) is 30.7 Å². The van der Waals surface area contributed by atoms with Gasteiger partial charge in [-0.05, 0) is 44.5 Å². The van der Waals surface area contributed by atoms with Crippen molar-refractivity contribution >= 4 is 26.0 Å². The Morgan fingerprint density at radius 3 is 2.71 bits per heavy atom. The standard InChI is InChI=1S/C13H17BrN4O2S/c1-9(2)18-13(15-8-16-18)7-17-21(19,20)12-5-4-11(14)6-10(12)3/h4-6,8-9,17H,7H2,1-3H3. The third kappa shape index (κ3) is 3.69. The van der Waals surface area contributed by atoms with Crippen LogP contribution < -0.4 is 4.72 Å². The Kier molecular flexibility index (Phi) is 4.80. The second kappa shape index (κ2) is 6.25. The molecule has 2 rings (SSSR count). The molecule has 0 atom stereocenters. The predicted octanol–water partition coefficient (Wildman–Crippen LogP) is 2.41. The quantitative estimate of drug-likeness (QED) is 0.873. The zero-order chi connectivity index (χ0) is 15.6. The second-order valence-electron chi connectivity index (χ2n) is 4.95. The zero-order valence-electron chi connectivity index (χ0n) is 12.0. The number of aromatic nitrogens is 3. The van der Waals surface area contributed by atoms with Crippen LogP contribution >= 0.6 is 15.9 Å². The maximum atomic E-state index is 12.4. The Morgan fingerprint density at radius 1 is 1.38 bits per heavy atom. The molecule has 6 nitrogen and oxygen atoms in total. The van der Waals surface area contributed by atoms with E-state index in [1.54, 1.807) is 29.8 Å². The minimum absolute atomic E-state index is 0.107. The average Bonchev–Trinajstić information content (AvgIpc) is 2.84. The minimum atomic E-state index is -3.58. The van der Waals surface area contributed by atoms with Crippen molar-refractivity contribution in [2.45, 2.75) is 38.3 Å². The van der Waals surface area contributed by atoms with Gasteiger partial charge in [0.05, 0.1) is 11.4 Å². The summed E-state index contributed by atoms with van der Waals surface area (Å²) >= 11 is 3.32. The van der Waals surface area contributed by atoms with Gasteiger partial charge in [-0.25, -0.2) is 22.8 Å². The molecular formula is C13H17BrN4O2S. The fraction of sp³-hybridized carbons (Fsp3) is 0.385. The molecule has 0 aliphatic rings. The highest BCUT2D eigenvalue weighted by atomic mass is 79.9. The number of nitrogens with one attached hydrogen (secondary N) is 1. The van der Waals surface area contributed by atoms with Crippen LogP contribution in [0.1, 0.15) is 31.3 Å². The van der Waals surface area contributed by atoms with Crippen LogP contribution in [0.4, 0.5) is 0 Å². The number of halogens is 1. The smallest absolute Gasteiger partial charge is 0.241 e.